The van der Waals surface area contributed by atoms with Crippen LogP contribution in [0.3, 0.4) is 0 Å². The number of benzene rings is 2. The lowest BCUT2D eigenvalue weighted by molar-refractivity contribution is -0.130. The topological polar surface area (TPSA) is 86.0 Å². The summed E-state index contributed by atoms with van der Waals surface area (Å²) in [5.41, 5.74) is 7.98. The average molecular weight is 424 g/mol. The van der Waals surface area contributed by atoms with Gasteiger partial charge in [-0.2, -0.15) is 0 Å². The van der Waals surface area contributed by atoms with E-state index in [2.05, 4.69) is 16.3 Å². The fourth-order valence-electron chi connectivity index (χ4n) is 3.48. The number of nitrogen functional groups attached to an aromatic ring is 1. The van der Waals surface area contributed by atoms with Crippen LogP contribution in [0.1, 0.15) is 19.3 Å². The molecule has 3 N–H and O–H groups in total. The van der Waals surface area contributed by atoms with Crippen molar-refractivity contribution >= 4 is 40.5 Å². The molecule has 1 aliphatic rings. The van der Waals surface area contributed by atoms with Gasteiger partial charge >= 0.3 is 0 Å². The van der Waals surface area contributed by atoms with Crippen LogP contribution in [0.5, 0.6) is 11.5 Å². The quantitative estimate of drug-likeness (QED) is 0.501. The standard InChI is InChI=1S/C21H29N3O4.ClH/c1-24(8-5-7-23-21(25)18-6-4-9-28-18)15-10-14-11-19(26-2)20(27-3)13-16(14)17(22)12-15;/h10-13,18H,4-9,22H2,1-3H3,(H,23,25);1H. The van der Waals surface area contributed by atoms with Gasteiger partial charge in [0.05, 0.1) is 14.2 Å². The Hall–Kier alpha value is -2.38. The Bertz CT molecular complexity index is 840. The molecule has 0 bridgehead atoms. The number of rotatable bonds is 8. The van der Waals surface area contributed by atoms with Crippen molar-refractivity contribution in [2.45, 2.75) is 25.4 Å². The smallest absolute Gasteiger partial charge is 0.249 e. The summed E-state index contributed by atoms with van der Waals surface area (Å²) < 4.78 is 16.2. The molecular formula is C21H30ClN3O4. The molecule has 0 aliphatic carbocycles. The van der Waals surface area contributed by atoms with E-state index in [-0.39, 0.29) is 24.4 Å². The molecule has 1 heterocycles. The second-order valence-corrected chi connectivity index (χ2v) is 7.03. The number of methoxy groups -OCH3 is 2. The highest BCUT2D eigenvalue weighted by Gasteiger charge is 2.22. The maximum absolute atomic E-state index is 12.0. The number of nitrogens with one attached hydrogen (secondary N) is 1. The van der Waals surface area contributed by atoms with E-state index in [4.69, 9.17) is 19.9 Å². The highest BCUT2D eigenvalue weighted by molar-refractivity contribution is 5.98. The molecule has 0 spiro atoms. The molecule has 3 rings (SSSR count). The van der Waals surface area contributed by atoms with Crippen LogP contribution in [0.2, 0.25) is 0 Å². The molecule has 0 saturated carbocycles. The first kappa shape index (κ1) is 22.9. The third-order valence-corrected chi connectivity index (χ3v) is 5.11. The van der Waals surface area contributed by atoms with Crippen molar-refractivity contribution in [3.05, 3.63) is 24.3 Å². The number of fused-ring (bicyclic) bond motifs is 1. The Balaban J connectivity index is 0.00000300. The molecule has 1 atom stereocenters. The largest absolute Gasteiger partial charge is 0.493 e. The number of nitrogens with zero attached hydrogens (tertiary/aromatic N) is 1. The van der Waals surface area contributed by atoms with E-state index in [1.807, 2.05) is 25.2 Å². The Morgan fingerprint density at radius 1 is 1.24 bits per heavy atom. The normalized spacial score (nSPS) is 15.6. The molecule has 1 unspecified atom stereocenters. The van der Waals surface area contributed by atoms with Crippen molar-refractivity contribution in [1.29, 1.82) is 0 Å². The lowest BCUT2D eigenvalue weighted by atomic mass is 10.1. The third-order valence-electron chi connectivity index (χ3n) is 5.11. The zero-order valence-electron chi connectivity index (χ0n) is 17.2. The van der Waals surface area contributed by atoms with Crippen molar-refractivity contribution in [3.63, 3.8) is 0 Å². The van der Waals surface area contributed by atoms with Gasteiger partial charge in [-0.1, -0.05) is 0 Å². The van der Waals surface area contributed by atoms with E-state index in [1.165, 1.54) is 0 Å². The van der Waals surface area contributed by atoms with Crippen LogP contribution in [0.15, 0.2) is 24.3 Å². The lowest BCUT2D eigenvalue weighted by Crippen LogP contribution is -2.35. The van der Waals surface area contributed by atoms with Gasteiger partial charge in [-0.3, -0.25) is 4.79 Å². The molecule has 29 heavy (non-hydrogen) atoms. The molecule has 0 radical (unpaired) electrons. The molecular weight excluding hydrogens is 394 g/mol. The third kappa shape index (κ3) is 5.36. The monoisotopic (exact) mass is 423 g/mol. The SMILES string of the molecule is COc1cc2cc(N(C)CCCNC(=O)C3CCCO3)cc(N)c2cc1OC.Cl. The van der Waals surface area contributed by atoms with Crippen molar-refractivity contribution < 1.29 is 19.0 Å². The van der Waals surface area contributed by atoms with Crippen molar-refractivity contribution in [2.75, 3.05) is 51.6 Å². The highest BCUT2D eigenvalue weighted by atomic mass is 35.5. The number of carbonyl (C=O) groups excluding carboxylic acids is 1. The van der Waals surface area contributed by atoms with Gasteiger partial charge in [0, 0.05) is 43.5 Å². The molecule has 8 heteroatoms. The van der Waals surface area contributed by atoms with Crippen molar-refractivity contribution in [2.24, 2.45) is 0 Å². The lowest BCUT2D eigenvalue weighted by Gasteiger charge is -2.21. The highest BCUT2D eigenvalue weighted by Crippen LogP contribution is 2.36. The summed E-state index contributed by atoms with van der Waals surface area (Å²) in [5, 5.41) is 4.88. The van der Waals surface area contributed by atoms with E-state index in [9.17, 15) is 4.79 Å². The average Bonchev–Trinajstić information content (AvgIpc) is 3.24. The van der Waals surface area contributed by atoms with Gasteiger partial charge in [0.15, 0.2) is 11.5 Å². The van der Waals surface area contributed by atoms with Crippen molar-refractivity contribution in [3.8, 4) is 11.5 Å². The summed E-state index contributed by atoms with van der Waals surface area (Å²) >= 11 is 0. The fourth-order valence-corrected chi connectivity index (χ4v) is 3.48. The van der Waals surface area contributed by atoms with Crippen LogP contribution >= 0.6 is 12.4 Å². The molecule has 2 aromatic carbocycles. The Labute approximate surface area is 177 Å². The summed E-state index contributed by atoms with van der Waals surface area (Å²) in [5.74, 6) is 1.33. The Morgan fingerprint density at radius 3 is 2.62 bits per heavy atom. The molecule has 1 amide bonds. The second-order valence-electron chi connectivity index (χ2n) is 7.03. The maximum atomic E-state index is 12.0. The van der Waals surface area contributed by atoms with Gasteiger partial charge in [0.25, 0.3) is 0 Å². The molecule has 2 aromatic rings. The van der Waals surface area contributed by atoms with Gasteiger partial charge < -0.3 is 30.2 Å². The second kappa shape index (κ2) is 10.4. The van der Waals surface area contributed by atoms with Gasteiger partial charge in [-0.25, -0.2) is 0 Å². The van der Waals surface area contributed by atoms with E-state index in [0.29, 0.717) is 30.3 Å². The van der Waals surface area contributed by atoms with Crippen LogP contribution in [0, 0.1) is 0 Å². The summed E-state index contributed by atoms with van der Waals surface area (Å²) in [7, 11) is 5.25. The fraction of sp³-hybridized carbons (Fsp3) is 0.476. The van der Waals surface area contributed by atoms with Crippen molar-refractivity contribution in [1.82, 2.24) is 5.32 Å². The predicted molar refractivity (Wildman–Crippen MR) is 119 cm³/mol. The van der Waals surface area contributed by atoms with Gasteiger partial charge in [0.2, 0.25) is 5.91 Å². The number of hydrogen-bond acceptors (Lipinski definition) is 6. The van der Waals surface area contributed by atoms with E-state index in [0.717, 1.165) is 42.3 Å². The van der Waals surface area contributed by atoms with E-state index in [1.54, 1.807) is 14.2 Å². The number of anilines is 2. The predicted octanol–water partition coefficient (Wildman–Crippen LogP) is 2.98. The zero-order valence-corrected chi connectivity index (χ0v) is 18.0. The molecule has 1 saturated heterocycles. The van der Waals surface area contributed by atoms with Gasteiger partial charge in [-0.05, 0) is 48.9 Å². The van der Waals surface area contributed by atoms with Crippen LogP contribution in [0.4, 0.5) is 11.4 Å². The summed E-state index contributed by atoms with van der Waals surface area (Å²) in [4.78, 5) is 14.1. The molecule has 0 aromatic heterocycles. The van der Waals surface area contributed by atoms with Crippen LogP contribution in [0.25, 0.3) is 10.8 Å². The van der Waals surface area contributed by atoms with Crippen LogP contribution in [-0.4, -0.2) is 53.0 Å². The van der Waals surface area contributed by atoms with Gasteiger partial charge in [0.1, 0.15) is 6.10 Å². The molecule has 7 nitrogen and oxygen atoms in total. The number of ether oxygens (including phenoxy) is 3. The summed E-state index contributed by atoms with van der Waals surface area (Å²) in [6.07, 6.45) is 2.33. The van der Waals surface area contributed by atoms with E-state index < -0.39 is 0 Å². The summed E-state index contributed by atoms with van der Waals surface area (Å²) in [6, 6.07) is 7.87. The van der Waals surface area contributed by atoms with Crippen LogP contribution < -0.4 is 25.4 Å². The number of nitrogens with two attached hydrogens (primary N) is 1. The van der Waals surface area contributed by atoms with Crippen LogP contribution in [-0.2, 0) is 9.53 Å². The first-order chi connectivity index (χ1) is 13.5. The molecule has 1 fully saturated rings. The number of halogens is 1. The molecule has 1 aliphatic heterocycles. The maximum Gasteiger partial charge on any atom is 0.249 e. The molecule has 160 valence electrons. The Kier molecular flexibility index (Phi) is 8.22. The number of carbonyl (C=O) groups is 1. The first-order valence-corrected chi connectivity index (χ1v) is 9.59. The number of amides is 1. The van der Waals surface area contributed by atoms with E-state index >= 15 is 0 Å². The van der Waals surface area contributed by atoms with Gasteiger partial charge in [-0.15, -0.1) is 12.4 Å². The minimum atomic E-state index is -0.273. The first-order valence-electron chi connectivity index (χ1n) is 9.59. The zero-order chi connectivity index (χ0) is 20.1. The Morgan fingerprint density at radius 2 is 1.97 bits per heavy atom. The number of hydrogen-bond donors (Lipinski definition) is 2. The minimum Gasteiger partial charge on any atom is -0.493 e. The minimum absolute atomic E-state index is 0. The summed E-state index contributed by atoms with van der Waals surface area (Å²) in [6.45, 7) is 2.10.